The molecule has 1 atom stereocenters. The molecule has 1 heterocycles. The van der Waals surface area contributed by atoms with Gasteiger partial charge in [-0.25, -0.2) is 8.42 Å². The van der Waals surface area contributed by atoms with E-state index in [-0.39, 0.29) is 23.0 Å². The van der Waals surface area contributed by atoms with Gasteiger partial charge in [0.1, 0.15) is 0 Å². The number of sulfone groups is 1. The molecule has 1 saturated heterocycles. The van der Waals surface area contributed by atoms with Crippen LogP contribution in [0.25, 0.3) is 0 Å². The standard InChI is InChI=1S/C18H18O4S/c1-14-7-9-16(10-8-14)23(20,21)13-18(12-11-17(19)22-18)15-5-3-2-4-6-15/h2-10H,11-13H2,1H3/t18-/m0/s1. The van der Waals surface area contributed by atoms with Crippen LogP contribution in [0.5, 0.6) is 0 Å². The second-order valence-corrected chi connectivity index (χ2v) is 7.90. The third kappa shape index (κ3) is 3.15. The second kappa shape index (κ2) is 5.81. The Morgan fingerprint density at radius 2 is 1.70 bits per heavy atom. The number of benzene rings is 2. The van der Waals surface area contributed by atoms with Crippen molar-refractivity contribution in [3.8, 4) is 0 Å². The molecule has 3 rings (SSSR count). The van der Waals surface area contributed by atoms with Gasteiger partial charge in [-0.05, 0) is 24.6 Å². The van der Waals surface area contributed by atoms with E-state index in [4.69, 9.17) is 4.74 Å². The number of carbonyl (C=O) groups excluding carboxylic acids is 1. The quantitative estimate of drug-likeness (QED) is 0.809. The molecule has 1 aliphatic rings. The predicted molar refractivity (Wildman–Crippen MR) is 86.7 cm³/mol. The van der Waals surface area contributed by atoms with Gasteiger partial charge < -0.3 is 4.74 Å². The maximum Gasteiger partial charge on any atom is 0.306 e. The Morgan fingerprint density at radius 3 is 2.26 bits per heavy atom. The van der Waals surface area contributed by atoms with Crippen molar-refractivity contribution < 1.29 is 17.9 Å². The summed E-state index contributed by atoms with van der Waals surface area (Å²) in [6.07, 6.45) is 0.610. The number of aryl methyl sites for hydroxylation is 1. The summed E-state index contributed by atoms with van der Waals surface area (Å²) in [6.45, 7) is 1.90. The zero-order valence-electron chi connectivity index (χ0n) is 12.9. The van der Waals surface area contributed by atoms with Crippen molar-refractivity contribution >= 4 is 15.8 Å². The summed E-state index contributed by atoms with van der Waals surface area (Å²) in [5, 5.41) is 0. The molecular formula is C18H18O4S. The molecule has 0 aliphatic carbocycles. The molecule has 0 N–H and O–H groups in total. The molecule has 23 heavy (non-hydrogen) atoms. The molecule has 2 aromatic rings. The highest BCUT2D eigenvalue weighted by molar-refractivity contribution is 7.91. The summed E-state index contributed by atoms with van der Waals surface area (Å²) in [6, 6.07) is 15.8. The first kappa shape index (κ1) is 15.7. The molecule has 0 unspecified atom stereocenters. The highest BCUT2D eigenvalue weighted by atomic mass is 32.2. The van der Waals surface area contributed by atoms with Gasteiger partial charge in [0.2, 0.25) is 0 Å². The smallest absolute Gasteiger partial charge is 0.306 e. The lowest BCUT2D eigenvalue weighted by atomic mass is 9.93. The van der Waals surface area contributed by atoms with Crippen molar-refractivity contribution in [3.63, 3.8) is 0 Å². The van der Waals surface area contributed by atoms with Gasteiger partial charge in [-0.2, -0.15) is 0 Å². The van der Waals surface area contributed by atoms with Gasteiger partial charge in [0, 0.05) is 12.8 Å². The molecule has 0 radical (unpaired) electrons. The lowest BCUT2D eigenvalue weighted by Crippen LogP contribution is -2.34. The third-order valence-electron chi connectivity index (χ3n) is 4.15. The van der Waals surface area contributed by atoms with Crippen LogP contribution in [-0.4, -0.2) is 20.1 Å². The van der Waals surface area contributed by atoms with Crippen LogP contribution in [0.2, 0.25) is 0 Å². The summed E-state index contributed by atoms with van der Waals surface area (Å²) in [5.74, 6) is -0.591. The van der Waals surface area contributed by atoms with Gasteiger partial charge in [-0.3, -0.25) is 4.79 Å². The summed E-state index contributed by atoms with van der Waals surface area (Å²) in [5.41, 5.74) is 0.623. The summed E-state index contributed by atoms with van der Waals surface area (Å²) < 4.78 is 31.1. The van der Waals surface area contributed by atoms with Crippen LogP contribution in [-0.2, 0) is 25.0 Å². The number of hydrogen-bond donors (Lipinski definition) is 0. The second-order valence-electron chi connectivity index (χ2n) is 5.91. The SMILES string of the molecule is Cc1ccc(S(=O)(=O)C[C@]2(c3ccccc3)CCC(=O)O2)cc1. The van der Waals surface area contributed by atoms with Gasteiger partial charge in [0.05, 0.1) is 10.6 Å². The van der Waals surface area contributed by atoms with Gasteiger partial charge in [-0.15, -0.1) is 0 Å². The minimum Gasteiger partial charge on any atom is -0.453 e. The van der Waals surface area contributed by atoms with E-state index in [0.29, 0.717) is 6.42 Å². The molecule has 0 saturated carbocycles. The maximum atomic E-state index is 12.8. The van der Waals surface area contributed by atoms with Crippen molar-refractivity contribution in [2.75, 3.05) is 5.75 Å². The van der Waals surface area contributed by atoms with Crippen LogP contribution >= 0.6 is 0 Å². The zero-order chi connectivity index (χ0) is 16.5. The number of hydrogen-bond acceptors (Lipinski definition) is 4. The third-order valence-corrected chi connectivity index (χ3v) is 5.98. The molecule has 0 aromatic heterocycles. The normalized spacial score (nSPS) is 21.2. The molecule has 1 aliphatic heterocycles. The molecule has 1 fully saturated rings. The van der Waals surface area contributed by atoms with Gasteiger partial charge in [-0.1, -0.05) is 48.0 Å². The fourth-order valence-electron chi connectivity index (χ4n) is 2.89. The van der Waals surface area contributed by atoms with E-state index in [1.807, 2.05) is 37.3 Å². The Morgan fingerprint density at radius 1 is 1.04 bits per heavy atom. The number of cyclic esters (lactones) is 1. The Hall–Kier alpha value is -2.14. The first-order valence-corrected chi connectivity index (χ1v) is 9.13. The minimum absolute atomic E-state index is 0.234. The van der Waals surface area contributed by atoms with Crippen LogP contribution in [0.15, 0.2) is 59.5 Å². The fourth-order valence-corrected chi connectivity index (χ4v) is 4.59. The van der Waals surface area contributed by atoms with Crippen LogP contribution in [0.4, 0.5) is 0 Å². The fraction of sp³-hybridized carbons (Fsp3) is 0.278. The topological polar surface area (TPSA) is 60.4 Å². The molecule has 120 valence electrons. The van der Waals surface area contributed by atoms with Gasteiger partial charge >= 0.3 is 5.97 Å². The summed E-state index contributed by atoms with van der Waals surface area (Å²) >= 11 is 0. The molecule has 0 amide bonds. The van der Waals surface area contributed by atoms with E-state index in [2.05, 4.69) is 0 Å². The van der Waals surface area contributed by atoms with E-state index in [0.717, 1.165) is 11.1 Å². The summed E-state index contributed by atoms with van der Waals surface area (Å²) in [4.78, 5) is 11.9. The largest absolute Gasteiger partial charge is 0.453 e. The first-order valence-electron chi connectivity index (χ1n) is 7.48. The highest BCUT2D eigenvalue weighted by Gasteiger charge is 2.45. The number of esters is 1. The minimum atomic E-state index is -3.57. The number of rotatable bonds is 4. The monoisotopic (exact) mass is 330 g/mol. The van der Waals surface area contributed by atoms with Crippen LogP contribution in [0.1, 0.15) is 24.0 Å². The van der Waals surface area contributed by atoms with Crippen LogP contribution in [0.3, 0.4) is 0 Å². The number of carbonyl (C=O) groups is 1. The van der Waals surface area contributed by atoms with Crippen molar-refractivity contribution in [1.82, 2.24) is 0 Å². The van der Waals surface area contributed by atoms with Gasteiger partial charge in [0.25, 0.3) is 0 Å². The summed E-state index contributed by atoms with van der Waals surface area (Å²) in [7, 11) is -3.57. The van der Waals surface area contributed by atoms with Crippen molar-refractivity contribution in [3.05, 3.63) is 65.7 Å². The Bertz CT molecular complexity index is 810. The van der Waals surface area contributed by atoms with Crippen molar-refractivity contribution in [2.45, 2.75) is 30.3 Å². The first-order chi connectivity index (χ1) is 10.9. The Balaban J connectivity index is 1.99. The molecule has 5 heteroatoms. The van der Waals surface area contributed by atoms with Gasteiger partial charge in [0.15, 0.2) is 15.4 Å². The lowest BCUT2D eigenvalue weighted by Gasteiger charge is -2.28. The average molecular weight is 330 g/mol. The average Bonchev–Trinajstić information content (AvgIpc) is 2.90. The van der Waals surface area contributed by atoms with E-state index in [1.165, 1.54) is 0 Å². The molecule has 0 spiro atoms. The lowest BCUT2D eigenvalue weighted by molar-refractivity contribution is -0.147. The van der Waals surface area contributed by atoms with Crippen molar-refractivity contribution in [2.24, 2.45) is 0 Å². The highest BCUT2D eigenvalue weighted by Crippen LogP contribution is 2.39. The van der Waals surface area contributed by atoms with E-state index in [1.54, 1.807) is 24.3 Å². The predicted octanol–water partition coefficient (Wildman–Crippen LogP) is 3.00. The van der Waals surface area contributed by atoms with Crippen molar-refractivity contribution in [1.29, 1.82) is 0 Å². The molecular weight excluding hydrogens is 312 g/mol. The maximum absolute atomic E-state index is 12.8. The molecule has 2 aromatic carbocycles. The van der Waals surface area contributed by atoms with E-state index < -0.39 is 15.4 Å². The van der Waals surface area contributed by atoms with E-state index in [9.17, 15) is 13.2 Å². The van der Waals surface area contributed by atoms with E-state index >= 15 is 0 Å². The Kier molecular flexibility index (Phi) is 3.98. The number of ether oxygens (including phenoxy) is 1. The van der Waals surface area contributed by atoms with Crippen LogP contribution in [0, 0.1) is 6.92 Å². The molecule has 4 nitrogen and oxygen atoms in total. The Labute approximate surface area is 136 Å². The zero-order valence-corrected chi connectivity index (χ0v) is 13.7. The van der Waals surface area contributed by atoms with Crippen LogP contribution < -0.4 is 0 Å². The molecule has 0 bridgehead atoms.